The topological polar surface area (TPSA) is 95.6 Å². The van der Waals surface area contributed by atoms with Crippen molar-refractivity contribution in [1.82, 2.24) is 14.9 Å². The van der Waals surface area contributed by atoms with E-state index in [1.165, 1.54) is 16.4 Å². The third-order valence-electron chi connectivity index (χ3n) is 5.44. The van der Waals surface area contributed by atoms with E-state index in [-0.39, 0.29) is 41.8 Å². The second-order valence-electron chi connectivity index (χ2n) is 7.76. The number of halogens is 1. The summed E-state index contributed by atoms with van der Waals surface area (Å²) in [6, 6.07) is 4.40. The van der Waals surface area contributed by atoms with Crippen molar-refractivity contribution in [2.24, 2.45) is 5.92 Å². The van der Waals surface area contributed by atoms with E-state index in [0.29, 0.717) is 19.3 Å². The fourth-order valence-electron chi connectivity index (χ4n) is 3.44. The summed E-state index contributed by atoms with van der Waals surface area (Å²) >= 11 is 1.62. The second-order valence-corrected chi connectivity index (χ2v) is 10.7. The van der Waals surface area contributed by atoms with Crippen molar-refractivity contribution in [3.63, 3.8) is 0 Å². The highest BCUT2D eigenvalue weighted by molar-refractivity contribution is 7.98. The predicted octanol–water partition coefficient (Wildman–Crippen LogP) is 1.74. The summed E-state index contributed by atoms with van der Waals surface area (Å²) in [5.74, 6) is -0.416. The van der Waals surface area contributed by atoms with E-state index >= 15 is 0 Å². The van der Waals surface area contributed by atoms with Crippen LogP contribution in [0, 0.1) is 11.7 Å². The molecule has 1 saturated heterocycles. The van der Waals surface area contributed by atoms with Gasteiger partial charge in [-0.1, -0.05) is 0 Å². The first-order chi connectivity index (χ1) is 14.3. The summed E-state index contributed by atoms with van der Waals surface area (Å²) in [6.45, 7) is 0.420. The highest BCUT2D eigenvalue weighted by Gasteiger charge is 2.34. The van der Waals surface area contributed by atoms with E-state index in [4.69, 9.17) is 0 Å². The van der Waals surface area contributed by atoms with E-state index in [1.807, 2.05) is 6.26 Å². The van der Waals surface area contributed by atoms with Gasteiger partial charge >= 0.3 is 0 Å². The first kappa shape index (κ1) is 23.0. The fraction of sp³-hybridized carbons (Fsp3) is 0.600. The van der Waals surface area contributed by atoms with Crippen LogP contribution in [-0.2, 0) is 19.6 Å². The van der Waals surface area contributed by atoms with Gasteiger partial charge in [0, 0.05) is 25.0 Å². The molecule has 3 rings (SSSR count). The first-order valence-electron chi connectivity index (χ1n) is 10.2. The van der Waals surface area contributed by atoms with Crippen LogP contribution in [0.5, 0.6) is 0 Å². The number of sulfonamides is 1. The average Bonchev–Trinajstić information content (AvgIpc) is 3.55. The average molecular weight is 458 g/mol. The van der Waals surface area contributed by atoms with Crippen LogP contribution in [0.4, 0.5) is 4.39 Å². The van der Waals surface area contributed by atoms with Gasteiger partial charge in [-0.05, 0) is 68.4 Å². The molecule has 0 radical (unpaired) electrons. The Morgan fingerprint density at radius 1 is 1.17 bits per heavy atom. The maximum atomic E-state index is 13.1. The Morgan fingerprint density at radius 3 is 2.37 bits per heavy atom. The minimum absolute atomic E-state index is 0.0423. The Kier molecular flexibility index (Phi) is 7.75. The third kappa shape index (κ3) is 5.95. The van der Waals surface area contributed by atoms with Crippen LogP contribution in [0.25, 0.3) is 0 Å². The predicted molar refractivity (Wildman–Crippen MR) is 114 cm³/mol. The number of amides is 2. The van der Waals surface area contributed by atoms with Crippen molar-refractivity contribution in [1.29, 1.82) is 0 Å². The van der Waals surface area contributed by atoms with Gasteiger partial charge in [-0.2, -0.15) is 16.1 Å². The smallest absolute Gasteiger partial charge is 0.243 e. The molecular weight excluding hydrogens is 429 g/mol. The van der Waals surface area contributed by atoms with Gasteiger partial charge in [0.2, 0.25) is 21.8 Å². The highest BCUT2D eigenvalue weighted by Crippen LogP contribution is 2.24. The largest absolute Gasteiger partial charge is 0.352 e. The molecule has 2 fully saturated rings. The molecule has 1 unspecified atom stereocenters. The van der Waals surface area contributed by atoms with Gasteiger partial charge in [0.15, 0.2) is 0 Å². The zero-order chi connectivity index (χ0) is 21.7. The number of nitrogens with one attached hydrogen (secondary N) is 2. The molecule has 166 valence electrons. The lowest BCUT2D eigenvalue weighted by Crippen LogP contribution is -2.51. The molecule has 2 N–H and O–H groups in total. The lowest BCUT2D eigenvalue weighted by atomic mass is 9.96. The van der Waals surface area contributed by atoms with Crippen LogP contribution in [0.15, 0.2) is 29.2 Å². The summed E-state index contributed by atoms with van der Waals surface area (Å²) in [5, 5.41) is 5.82. The Hall–Kier alpha value is -1.65. The van der Waals surface area contributed by atoms with E-state index in [0.717, 1.165) is 30.7 Å². The number of hydrogen-bond donors (Lipinski definition) is 2. The molecule has 1 heterocycles. The first-order valence-corrected chi connectivity index (χ1v) is 13.0. The highest BCUT2D eigenvalue weighted by atomic mass is 32.2. The molecule has 7 nitrogen and oxygen atoms in total. The van der Waals surface area contributed by atoms with Gasteiger partial charge in [0.05, 0.1) is 4.90 Å². The number of carbonyl (C=O) groups excluding carboxylic acids is 2. The van der Waals surface area contributed by atoms with Crippen molar-refractivity contribution in [2.45, 2.75) is 49.1 Å². The summed E-state index contributed by atoms with van der Waals surface area (Å²) in [7, 11) is -3.71. The number of carbonyl (C=O) groups is 2. The number of hydrogen-bond acceptors (Lipinski definition) is 5. The van der Waals surface area contributed by atoms with Crippen LogP contribution in [0.2, 0.25) is 0 Å². The van der Waals surface area contributed by atoms with Gasteiger partial charge in [0.1, 0.15) is 11.9 Å². The number of piperidine rings is 1. The SMILES string of the molecule is CSCCC(NC(=O)C1CCN(S(=O)(=O)c2ccc(F)cc2)CC1)C(=O)NC1CC1. The summed E-state index contributed by atoms with van der Waals surface area (Å²) < 4.78 is 39.8. The Morgan fingerprint density at radius 2 is 1.80 bits per heavy atom. The normalized spacial score (nSPS) is 19.3. The molecule has 0 spiro atoms. The van der Waals surface area contributed by atoms with Crippen LogP contribution < -0.4 is 10.6 Å². The minimum Gasteiger partial charge on any atom is -0.352 e. The molecule has 1 aliphatic carbocycles. The lowest BCUT2D eigenvalue weighted by Gasteiger charge is -2.31. The van der Waals surface area contributed by atoms with Crippen molar-refractivity contribution in [3.05, 3.63) is 30.1 Å². The third-order valence-corrected chi connectivity index (χ3v) is 8.00. The maximum Gasteiger partial charge on any atom is 0.243 e. The van der Waals surface area contributed by atoms with Gasteiger partial charge in [-0.25, -0.2) is 12.8 Å². The van der Waals surface area contributed by atoms with Crippen molar-refractivity contribution in [2.75, 3.05) is 25.1 Å². The molecule has 1 saturated carbocycles. The van der Waals surface area contributed by atoms with Crippen LogP contribution in [-0.4, -0.2) is 61.7 Å². The molecule has 2 aliphatic rings. The maximum absolute atomic E-state index is 13.1. The van der Waals surface area contributed by atoms with E-state index < -0.39 is 21.9 Å². The summed E-state index contributed by atoms with van der Waals surface area (Å²) in [4.78, 5) is 25.2. The number of benzene rings is 1. The summed E-state index contributed by atoms with van der Waals surface area (Å²) in [6.07, 6.45) is 5.24. The second kappa shape index (κ2) is 10.1. The zero-order valence-electron chi connectivity index (χ0n) is 17.0. The zero-order valence-corrected chi connectivity index (χ0v) is 18.6. The lowest BCUT2D eigenvalue weighted by molar-refractivity contribution is -0.132. The van der Waals surface area contributed by atoms with Crippen LogP contribution >= 0.6 is 11.8 Å². The molecule has 1 atom stereocenters. The Balaban J connectivity index is 1.55. The monoisotopic (exact) mass is 457 g/mol. The number of rotatable bonds is 9. The van der Waals surface area contributed by atoms with Crippen LogP contribution in [0.3, 0.4) is 0 Å². The molecule has 1 aromatic rings. The molecule has 2 amide bonds. The quantitative estimate of drug-likeness (QED) is 0.589. The van der Waals surface area contributed by atoms with Gasteiger partial charge in [-0.15, -0.1) is 0 Å². The van der Waals surface area contributed by atoms with E-state index in [9.17, 15) is 22.4 Å². The van der Waals surface area contributed by atoms with E-state index in [1.54, 1.807) is 11.8 Å². The Labute approximate surface area is 181 Å². The molecule has 0 bridgehead atoms. The van der Waals surface area contributed by atoms with Crippen molar-refractivity contribution < 1.29 is 22.4 Å². The van der Waals surface area contributed by atoms with Crippen molar-refractivity contribution in [3.8, 4) is 0 Å². The van der Waals surface area contributed by atoms with Crippen LogP contribution in [0.1, 0.15) is 32.1 Å². The molecular formula is C20H28FN3O4S2. The molecule has 10 heteroatoms. The fourth-order valence-corrected chi connectivity index (χ4v) is 5.38. The molecule has 1 aromatic carbocycles. The van der Waals surface area contributed by atoms with Gasteiger partial charge < -0.3 is 10.6 Å². The molecule has 0 aromatic heterocycles. The van der Waals surface area contributed by atoms with Crippen molar-refractivity contribution >= 4 is 33.6 Å². The summed E-state index contributed by atoms with van der Waals surface area (Å²) in [5.41, 5.74) is 0. The standard InChI is InChI=1S/C20H28FN3O4S2/c1-29-13-10-18(20(26)22-16-4-5-16)23-19(25)14-8-11-24(12-9-14)30(27,28)17-6-2-15(21)3-7-17/h2-3,6-7,14,16,18H,4-5,8-13H2,1H3,(H,22,26)(H,23,25). The number of nitrogens with zero attached hydrogens (tertiary/aromatic N) is 1. The van der Waals surface area contributed by atoms with Gasteiger partial charge in [0.25, 0.3) is 0 Å². The number of thioether (sulfide) groups is 1. The Bertz CT molecular complexity index is 851. The molecule has 30 heavy (non-hydrogen) atoms. The minimum atomic E-state index is -3.71. The molecule has 1 aliphatic heterocycles. The van der Waals surface area contributed by atoms with Gasteiger partial charge in [-0.3, -0.25) is 9.59 Å². The van der Waals surface area contributed by atoms with E-state index in [2.05, 4.69) is 10.6 Å².